The fourth-order valence-electron chi connectivity index (χ4n) is 2.22. The fourth-order valence-corrected chi connectivity index (χ4v) is 3.39. The third-order valence-corrected chi connectivity index (χ3v) is 5.22. The van der Waals surface area contributed by atoms with Crippen LogP contribution in [0.1, 0.15) is 12.0 Å². The van der Waals surface area contributed by atoms with E-state index in [1.54, 1.807) is 18.2 Å². The van der Waals surface area contributed by atoms with Crippen LogP contribution in [-0.2, 0) is 0 Å². The van der Waals surface area contributed by atoms with Crippen molar-refractivity contribution < 1.29 is 13.2 Å². The average molecular weight is 456 g/mol. The smallest absolute Gasteiger partial charge is 0.166 e. The van der Waals surface area contributed by atoms with E-state index in [4.69, 9.17) is 23.2 Å². The van der Waals surface area contributed by atoms with E-state index in [9.17, 15) is 13.2 Å². The predicted octanol–water partition coefficient (Wildman–Crippen LogP) is 7.30. The van der Waals surface area contributed by atoms with Crippen molar-refractivity contribution in [2.24, 2.45) is 0 Å². The molecule has 0 amide bonds. The van der Waals surface area contributed by atoms with Gasteiger partial charge < -0.3 is 0 Å². The van der Waals surface area contributed by atoms with E-state index >= 15 is 0 Å². The van der Waals surface area contributed by atoms with Crippen LogP contribution >= 0.6 is 51.8 Å². The van der Waals surface area contributed by atoms with E-state index in [-0.39, 0.29) is 22.6 Å². The maximum absolute atomic E-state index is 13.5. The number of alkyl halides is 4. The molecule has 1 aliphatic rings. The van der Waals surface area contributed by atoms with Crippen molar-refractivity contribution in [3.63, 3.8) is 0 Å². The summed E-state index contributed by atoms with van der Waals surface area (Å²) in [4.78, 5) is 0.684. The minimum absolute atomic E-state index is 0.0426. The monoisotopic (exact) mass is 454 g/mol. The van der Waals surface area contributed by atoms with Crippen LogP contribution < -0.4 is 0 Å². The lowest BCUT2D eigenvalue weighted by molar-refractivity contribution is -0.0895. The molecule has 0 saturated carbocycles. The summed E-state index contributed by atoms with van der Waals surface area (Å²) >= 11 is 19.3. The number of thiol groups is 1. The zero-order valence-electron chi connectivity index (χ0n) is 12.2. The third-order valence-electron chi connectivity index (χ3n) is 3.36. The summed E-state index contributed by atoms with van der Waals surface area (Å²) in [5.74, 6) is 0. The first kappa shape index (κ1) is 19.7. The van der Waals surface area contributed by atoms with Crippen molar-refractivity contribution >= 4 is 57.3 Å². The topological polar surface area (TPSA) is 0 Å². The fraction of sp³-hybridized carbons (Fsp3) is 0.176. The second kappa shape index (κ2) is 7.73. The Morgan fingerprint density at radius 2 is 2.04 bits per heavy atom. The van der Waals surface area contributed by atoms with Crippen molar-refractivity contribution in [2.45, 2.75) is 22.9 Å². The number of rotatable bonds is 3. The molecular formula is C17H12BrCl2F3S. The maximum atomic E-state index is 13.5. The molecule has 0 radical (unpaired) electrons. The number of hydrogen-bond donors (Lipinski definition) is 1. The minimum Gasteiger partial charge on any atom is -0.166 e. The molecule has 2 rings (SSSR count). The Bertz CT molecular complexity index is 764. The molecule has 0 N–H and O–H groups in total. The number of allylic oxidation sites excluding steroid dienone is 7. The Kier molecular flexibility index (Phi) is 6.35. The molecular weight excluding hydrogens is 444 g/mol. The van der Waals surface area contributed by atoms with Crippen molar-refractivity contribution in [1.82, 2.24) is 0 Å². The molecule has 0 bridgehead atoms. The molecule has 0 spiro atoms. The SMILES string of the molecule is C=C(/C=C(/C1=CC(Cl)=C[C@@H](Cl)C1)C(F)(F)F)c1ccc(S)c(Br)c1. The molecule has 0 heterocycles. The van der Waals surface area contributed by atoms with Crippen LogP contribution in [0.5, 0.6) is 0 Å². The highest BCUT2D eigenvalue weighted by Gasteiger charge is 2.37. The van der Waals surface area contributed by atoms with Gasteiger partial charge in [-0.15, -0.1) is 24.2 Å². The van der Waals surface area contributed by atoms with Gasteiger partial charge >= 0.3 is 6.18 Å². The number of halogens is 6. The van der Waals surface area contributed by atoms with Gasteiger partial charge in [0, 0.05) is 14.4 Å². The van der Waals surface area contributed by atoms with Crippen molar-refractivity contribution in [1.29, 1.82) is 0 Å². The number of hydrogen-bond acceptors (Lipinski definition) is 1. The first-order valence-corrected chi connectivity index (χ1v) is 8.82. The molecule has 1 aromatic rings. The Morgan fingerprint density at radius 3 is 2.58 bits per heavy atom. The number of benzene rings is 1. The minimum atomic E-state index is -4.54. The second-order valence-corrected chi connectivity index (χ2v) is 7.52. The van der Waals surface area contributed by atoms with Gasteiger partial charge in [-0.2, -0.15) is 13.2 Å². The molecule has 1 aliphatic carbocycles. The molecule has 24 heavy (non-hydrogen) atoms. The van der Waals surface area contributed by atoms with Gasteiger partial charge in [-0.25, -0.2) is 0 Å². The standard InChI is InChI=1S/C17H12BrCl2F3S/c1-9(10-2-3-16(24)15(18)7-10)4-14(17(21,22)23)11-5-12(19)8-13(20)6-11/h2-5,7-8,13,24H,1,6H2/b14-4-/t13-/m0/s1. The average Bonchev–Trinajstić information content (AvgIpc) is 2.45. The summed E-state index contributed by atoms with van der Waals surface area (Å²) in [7, 11) is 0. The predicted molar refractivity (Wildman–Crippen MR) is 101 cm³/mol. The largest absolute Gasteiger partial charge is 0.416 e. The highest BCUT2D eigenvalue weighted by Crippen LogP contribution is 2.39. The van der Waals surface area contributed by atoms with Gasteiger partial charge in [0.15, 0.2) is 0 Å². The van der Waals surface area contributed by atoms with Gasteiger partial charge in [0.1, 0.15) is 0 Å². The summed E-state index contributed by atoms with van der Waals surface area (Å²) in [6, 6.07) is 5.01. The summed E-state index contributed by atoms with van der Waals surface area (Å²) in [5, 5.41) is -0.381. The Labute approximate surface area is 162 Å². The van der Waals surface area contributed by atoms with Crippen LogP contribution in [0.15, 0.2) is 68.6 Å². The van der Waals surface area contributed by atoms with Gasteiger partial charge in [0.05, 0.1) is 11.0 Å². The van der Waals surface area contributed by atoms with E-state index in [2.05, 4.69) is 35.1 Å². The molecule has 0 unspecified atom stereocenters. The second-order valence-electron chi connectivity index (χ2n) is 5.19. The van der Waals surface area contributed by atoms with E-state index in [0.717, 1.165) is 6.08 Å². The summed E-state index contributed by atoms with van der Waals surface area (Å²) < 4.78 is 41.2. The van der Waals surface area contributed by atoms with Crippen LogP contribution in [-0.4, -0.2) is 11.6 Å². The zero-order valence-corrected chi connectivity index (χ0v) is 16.2. The van der Waals surface area contributed by atoms with Gasteiger partial charge in [-0.05, 0) is 69.4 Å². The van der Waals surface area contributed by atoms with Crippen LogP contribution in [0.25, 0.3) is 5.57 Å². The highest BCUT2D eigenvalue weighted by molar-refractivity contribution is 9.10. The van der Waals surface area contributed by atoms with Crippen LogP contribution in [0.4, 0.5) is 13.2 Å². The summed E-state index contributed by atoms with van der Waals surface area (Å²) in [6.45, 7) is 3.75. The lowest BCUT2D eigenvalue weighted by atomic mass is 9.93. The molecule has 0 aliphatic heterocycles. The highest BCUT2D eigenvalue weighted by atomic mass is 79.9. The van der Waals surface area contributed by atoms with Gasteiger partial charge in [0.2, 0.25) is 0 Å². The van der Waals surface area contributed by atoms with Crippen LogP contribution in [0.3, 0.4) is 0 Å². The lowest BCUT2D eigenvalue weighted by Crippen LogP contribution is -2.17. The van der Waals surface area contributed by atoms with Gasteiger partial charge in [-0.3, -0.25) is 0 Å². The van der Waals surface area contributed by atoms with Crippen molar-refractivity contribution in [3.05, 3.63) is 69.2 Å². The summed E-state index contributed by atoms with van der Waals surface area (Å²) in [5.41, 5.74) is 0.0347. The van der Waals surface area contributed by atoms with Crippen molar-refractivity contribution in [3.8, 4) is 0 Å². The molecule has 0 aromatic heterocycles. The third kappa shape index (κ3) is 4.94. The first-order valence-electron chi connectivity index (χ1n) is 6.77. The van der Waals surface area contributed by atoms with E-state index in [1.165, 1.54) is 12.2 Å². The van der Waals surface area contributed by atoms with Crippen molar-refractivity contribution in [2.75, 3.05) is 0 Å². The molecule has 0 fully saturated rings. The zero-order chi connectivity index (χ0) is 18.1. The molecule has 1 aromatic carbocycles. The first-order chi connectivity index (χ1) is 11.1. The molecule has 0 nitrogen and oxygen atoms in total. The Morgan fingerprint density at radius 1 is 1.38 bits per heavy atom. The van der Waals surface area contributed by atoms with E-state index in [1.807, 2.05) is 0 Å². The van der Waals surface area contributed by atoms with E-state index in [0.29, 0.717) is 14.9 Å². The molecule has 0 saturated heterocycles. The Balaban J connectivity index is 2.45. The Hall–Kier alpha value is -0.620. The van der Waals surface area contributed by atoms with Crippen LogP contribution in [0, 0.1) is 0 Å². The maximum Gasteiger partial charge on any atom is 0.416 e. The lowest BCUT2D eigenvalue weighted by Gasteiger charge is -2.20. The molecule has 7 heteroatoms. The normalized spacial score (nSPS) is 19.0. The quantitative estimate of drug-likeness (QED) is 0.276. The van der Waals surface area contributed by atoms with Gasteiger partial charge in [0.25, 0.3) is 0 Å². The van der Waals surface area contributed by atoms with Crippen LogP contribution in [0.2, 0.25) is 0 Å². The van der Waals surface area contributed by atoms with Gasteiger partial charge in [-0.1, -0.05) is 24.2 Å². The molecule has 1 atom stereocenters. The molecule has 128 valence electrons. The summed E-state index contributed by atoms with van der Waals surface area (Å²) in [6.07, 6.45) is -0.668. The van der Waals surface area contributed by atoms with E-state index < -0.39 is 17.1 Å².